The maximum atomic E-state index is 9.35. The van der Waals surface area contributed by atoms with Crippen molar-refractivity contribution in [2.45, 2.75) is 19.6 Å². The molecule has 2 aromatic rings. The van der Waals surface area contributed by atoms with E-state index in [-0.39, 0.29) is 0 Å². The van der Waals surface area contributed by atoms with E-state index in [4.69, 9.17) is 16.9 Å². The first kappa shape index (κ1) is 11.0. The molecule has 1 heterocycles. The van der Waals surface area contributed by atoms with Crippen LogP contribution in [0, 0.1) is 11.3 Å². The SMILES string of the molecule is C[C@H](O)Cn1ccc2c(Cl)c(C#N)ccc21. The Bertz CT molecular complexity index is 566. The number of aliphatic hydroxyl groups is 1. The first-order chi connectivity index (χ1) is 7.63. The quantitative estimate of drug-likeness (QED) is 0.868. The monoisotopic (exact) mass is 234 g/mol. The van der Waals surface area contributed by atoms with Gasteiger partial charge in [-0.2, -0.15) is 5.26 Å². The standard InChI is InChI=1S/C12H11ClN2O/c1-8(16)7-15-5-4-10-11(15)3-2-9(6-14)12(10)13/h2-5,8,16H,7H2,1H3/t8-/m0/s1. The van der Waals surface area contributed by atoms with Gasteiger partial charge in [0.2, 0.25) is 0 Å². The lowest BCUT2D eigenvalue weighted by Crippen LogP contribution is -2.10. The number of hydrogen-bond acceptors (Lipinski definition) is 2. The molecule has 0 radical (unpaired) electrons. The van der Waals surface area contributed by atoms with Crippen molar-refractivity contribution in [3.8, 4) is 6.07 Å². The highest BCUT2D eigenvalue weighted by Gasteiger charge is 2.09. The number of nitriles is 1. The summed E-state index contributed by atoms with van der Waals surface area (Å²) in [4.78, 5) is 0. The van der Waals surface area contributed by atoms with Crippen molar-refractivity contribution in [2.75, 3.05) is 0 Å². The lowest BCUT2D eigenvalue weighted by molar-refractivity contribution is 0.175. The van der Waals surface area contributed by atoms with Crippen LogP contribution in [-0.4, -0.2) is 15.8 Å². The molecule has 0 bridgehead atoms. The fraction of sp³-hybridized carbons (Fsp3) is 0.250. The van der Waals surface area contributed by atoms with E-state index in [1.54, 1.807) is 13.0 Å². The Morgan fingerprint density at radius 1 is 1.50 bits per heavy atom. The van der Waals surface area contributed by atoms with Gasteiger partial charge in [0.25, 0.3) is 0 Å². The Balaban J connectivity index is 2.59. The minimum atomic E-state index is -0.412. The van der Waals surface area contributed by atoms with Crippen LogP contribution in [0.2, 0.25) is 5.02 Å². The van der Waals surface area contributed by atoms with Crippen molar-refractivity contribution in [2.24, 2.45) is 0 Å². The average molecular weight is 235 g/mol. The molecule has 0 amide bonds. The molecular formula is C12H11ClN2O. The van der Waals surface area contributed by atoms with Gasteiger partial charge in [-0.3, -0.25) is 0 Å². The Labute approximate surface area is 98.5 Å². The summed E-state index contributed by atoms with van der Waals surface area (Å²) in [6.45, 7) is 2.25. The third-order valence-electron chi connectivity index (χ3n) is 2.47. The molecule has 3 nitrogen and oxygen atoms in total. The lowest BCUT2D eigenvalue weighted by atomic mass is 10.2. The third-order valence-corrected chi connectivity index (χ3v) is 2.88. The molecule has 0 saturated heterocycles. The molecular weight excluding hydrogens is 224 g/mol. The van der Waals surface area contributed by atoms with E-state index in [0.717, 1.165) is 10.9 Å². The largest absolute Gasteiger partial charge is 0.392 e. The van der Waals surface area contributed by atoms with Crippen molar-refractivity contribution in [1.82, 2.24) is 4.57 Å². The molecule has 0 aliphatic carbocycles. The molecule has 4 heteroatoms. The van der Waals surface area contributed by atoms with Crippen LogP contribution in [0.3, 0.4) is 0 Å². The normalized spacial score (nSPS) is 12.6. The lowest BCUT2D eigenvalue weighted by Gasteiger charge is -2.08. The molecule has 0 spiro atoms. The van der Waals surface area contributed by atoms with Crippen LogP contribution < -0.4 is 0 Å². The minimum Gasteiger partial charge on any atom is -0.392 e. The molecule has 82 valence electrons. The van der Waals surface area contributed by atoms with Gasteiger partial charge in [0.1, 0.15) is 6.07 Å². The summed E-state index contributed by atoms with van der Waals surface area (Å²) in [6, 6.07) is 7.46. The van der Waals surface area contributed by atoms with E-state index in [1.165, 1.54) is 0 Å². The van der Waals surface area contributed by atoms with Gasteiger partial charge in [0, 0.05) is 23.6 Å². The predicted molar refractivity (Wildman–Crippen MR) is 63.3 cm³/mol. The summed E-state index contributed by atoms with van der Waals surface area (Å²) in [7, 11) is 0. The van der Waals surface area contributed by atoms with Crippen LogP contribution in [0.15, 0.2) is 24.4 Å². The molecule has 1 aromatic carbocycles. The summed E-state index contributed by atoms with van der Waals surface area (Å²) in [6.07, 6.45) is 1.45. The highest BCUT2D eigenvalue weighted by molar-refractivity contribution is 6.36. The molecule has 1 atom stereocenters. The molecule has 0 fully saturated rings. The second kappa shape index (κ2) is 4.17. The van der Waals surface area contributed by atoms with Gasteiger partial charge >= 0.3 is 0 Å². The van der Waals surface area contributed by atoms with Crippen LogP contribution >= 0.6 is 11.6 Å². The zero-order chi connectivity index (χ0) is 11.7. The Morgan fingerprint density at radius 3 is 2.88 bits per heavy atom. The number of nitrogens with zero attached hydrogens (tertiary/aromatic N) is 2. The van der Waals surface area contributed by atoms with Gasteiger partial charge in [-0.25, -0.2) is 0 Å². The maximum Gasteiger partial charge on any atom is 0.101 e. The number of rotatable bonds is 2. The Morgan fingerprint density at radius 2 is 2.25 bits per heavy atom. The summed E-state index contributed by atoms with van der Waals surface area (Å²) in [5, 5.41) is 19.5. The fourth-order valence-corrected chi connectivity index (χ4v) is 2.03. The number of aliphatic hydroxyl groups excluding tert-OH is 1. The van der Waals surface area contributed by atoms with Crippen LogP contribution in [0.1, 0.15) is 12.5 Å². The Hall–Kier alpha value is -1.50. The second-order valence-electron chi connectivity index (χ2n) is 3.79. The molecule has 2 rings (SSSR count). The number of benzene rings is 1. The molecule has 0 aliphatic heterocycles. The van der Waals surface area contributed by atoms with Gasteiger partial charge in [-0.1, -0.05) is 11.6 Å². The third kappa shape index (κ3) is 1.78. The predicted octanol–water partition coefficient (Wildman–Crippen LogP) is 2.55. The van der Waals surface area contributed by atoms with Crippen molar-refractivity contribution in [3.05, 3.63) is 35.0 Å². The van der Waals surface area contributed by atoms with Crippen molar-refractivity contribution in [3.63, 3.8) is 0 Å². The number of halogens is 1. The first-order valence-electron chi connectivity index (χ1n) is 4.99. The van der Waals surface area contributed by atoms with E-state index >= 15 is 0 Å². The van der Waals surface area contributed by atoms with Crippen LogP contribution in [0.25, 0.3) is 10.9 Å². The number of fused-ring (bicyclic) bond motifs is 1. The molecule has 0 saturated carbocycles. The van der Waals surface area contributed by atoms with Gasteiger partial charge < -0.3 is 9.67 Å². The highest BCUT2D eigenvalue weighted by Crippen LogP contribution is 2.27. The van der Waals surface area contributed by atoms with Crippen molar-refractivity contribution < 1.29 is 5.11 Å². The number of hydrogen-bond donors (Lipinski definition) is 1. The van der Waals surface area contributed by atoms with Crippen LogP contribution in [0.4, 0.5) is 0 Å². The van der Waals surface area contributed by atoms with E-state index in [0.29, 0.717) is 17.1 Å². The summed E-state index contributed by atoms with van der Waals surface area (Å²) < 4.78 is 1.92. The van der Waals surface area contributed by atoms with Crippen LogP contribution in [-0.2, 0) is 6.54 Å². The summed E-state index contributed by atoms with van der Waals surface area (Å²) >= 11 is 6.09. The zero-order valence-electron chi connectivity index (χ0n) is 8.81. The van der Waals surface area contributed by atoms with Gasteiger partial charge in [-0.05, 0) is 25.1 Å². The van der Waals surface area contributed by atoms with Gasteiger partial charge in [0.05, 0.1) is 16.7 Å². The smallest absolute Gasteiger partial charge is 0.101 e. The first-order valence-corrected chi connectivity index (χ1v) is 5.37. The van der Waals surface area contributed by atoms with Crippen molar-refractivity contribution >= 4 is 22.5 Å². The number of aromatic nitrogens is 1. The zero-order valence-corrected chi connectivity index (χ0v) is 9.57. The van der Waals surface area contributed by atoms with E-state index < -0.39 is 6.10 Å². The van der Waals surface area contributed by atoms with Gasteiger partial charge in [0.15, 0.2) is 0 Å². The second-order valence-corrected chi connectivity index (χ2v) is 4.17. The van der Waals surface area contributed by atoms with Crippen molar-refractivity contribution in [1.29, 1.82) is 5.26 Å². The summed E-state index contributed by atoms with van der Waals surface area (Å²) in [5.74, 6) is 0. The minimum absolute atomic E-state index is 0.412. The van der Waals surface area contributed by atoms with E-state index in [1.807, 2.05) is 29.0 Å². The Kier molecular flexibility index (Phi) is 2.86. The van der Waals surface area contributed by atoms with E-state index in [2.05, 4.69) is 0 Å². The fourth-order valence-electron chi connectivity index (χ4n) is 1.77. The highest BCUT2D eigenvalue weighted by atomic mass is 35.5. The molecule has 0 unspecified atom stereocenters. The molecule has 1 N–H and O–H groups in total. The topological polar surface area (TPSA) is 49.0 Å². The maximum absolute atomic E-state index is 9.35. The van der Waals surface area contributed by atoms with E-state index in [9.17, 15) is 5.11 Å². The average Bonchev–Trinajstić information content (AvgIpc) is 2.62. The van der Waals surface area contributed by atoms with Gasteiger partial charge in [-0.15, -0.1) is 0 Å². The molecule has 1 aromatic heterocycles. The summed E-state index contributed by atoms with van der Waals surface area (Å²) in [5.41, 5.74) is 1.41. The molecule has 0 aliphatic rings. The molecule has 16 heavy (non-hydrogen) atoms. The van der Waals surface area contributed by atoms with Crippen LogP contribution in [0.5, 0.6) is 0 Å².